The van der Waals surface area contributed by atoms with Gasteiger partial charge in [-0.2, -0.15) is 0 Å². The van der Waals surface area contributed by atoms with Crippen LogP contribution in [0.4, 0.5) is 11.4 Å². The van der Waals surface area contributed by atoms with E-state index in [0.29, 0.717) is 16.9 Å². The van der Waals surface area contributed by atoms with Crippen LogP contribution in [0.5, 0.6) is 0 Å². The number of hydrogen-bond acceptors (Lipinski definition) is 6. The van der Waals surface area contributed by atoms with Crippen LogP contribution in [0.3, 0.4) is 0 Å². The van der Waals surface area contributed by atoms with Gasteiger partial charge in [-0.05, 0) is 54.4 Å². The third-order valence-electron chi connectivity index (χ3n) is 5.30. The number of carbonyl (C=O) groups excluding carboxylic acids is 1. The molecule has 1 atom stereocenters. The van der Waals surface area contributed by atoms with E-state index < -0.39 is 25.9 Å². The van der Waals surface area contributed by atoms with Crippen molar-refractivity contribution in [1.29, 1.82) is 0 Å². The lowest BCUT2D eigenvalue weighted by Crippen LogP contribution is -2.51. The number of nitrogens with zero attached hydrogens (tertiary/aromatic N) is 2. The molecule has 1 aliphatic rings. The van der Waals surface area contributed by atoms with Gasteiger partial charge in [0.05, 0.1) is 34.8 Å². The highest BCUT2D eigenvalue weighted by atomic mass is 32.2. The average molecular weight is 475 g/mol. The Morgan fingerprint density at radius 1 is 0.938 bits per heavy atom. The quantitative estimate of drug-likeness (QED) is 0.575. The summed E-state index contributed by atoms with van der Waals surface area (Å²) in [5.41, 5.74) is 2.27. The van der Waals surface area contributed by atoms with Gasteiger partial charge in [-0.15, -0.1) is 0 Å². The molecule has 0 saturated carbocycles. The molecule has 32 heavy (non-hydrogen) atoms. The summed E-state index contributed by atoms with van der Waals surface area (Å²) in [4.78, 5) is 14.8. The van der Waals surface area contributed by atoms with Crippen LogP contribution in [0, 0.1) is 0 Å². The Morgan fingerprint density at radius 2 is 1.59 bits per heavy atom. The van der Waals surface area contributed by atoms with E-state index in [1.54, 1.807) is 49.4 Å². The van der Waals surface area contributed by atoms with Gasteiger partial charge in [0.25, 0.3) is 5.91 Å². The molecule has 3 aromatic rings. The molecule has 0 saturated heterocycles. The number of rotatable bonds is 4. The molecule has 168 valence electrons. The summed E-state index contributed by atoms with van der Waals surface area (Å²) in [6.45, 7) is 1.89. The maximum atomic E-state index is 13.1. The van der Waals surface area contributed by atoms with Crippen molar-refractivity contribution in [3.8, 4) is 11.1 Å². The van der Waals surface area contributed by atoms with Crippen LogP contribution in [-0.2, 0) is 19.9 Å². The second-order valence-corrected chi connectivity index (χ2v) is 11.7. The van der Waals surface area contributed by atoms with Crippen LogP contribution in [0.1, 0.15) is 17.5 Å². The maximum absolute atomic E-state index is 13.1. The van der Waals surface area contributed by atoms with Gasteiger partial charge >= 0.3 is 0 Å². The molecule has 4 rings (SSSR count). The number of benzene rings is 2. The molecule has 0 bridgehead atoms. The van der Waals surface area contributed by atoms with Crippen molar-refractivity contribution in [2.75, 3.05) is 28.3 Å². The Labute approximate surface area is 187 Å². The van der Waals surface area contributed by atoms with Gasteiger partial charge in [-0.3, -0.25) is 9.10 Å². The van der Waals surface area contributed by atoms with Gasteiger partial charge < -0.3 is 9.32 Å². The molecule has 1 aromatic heterocycles. The minimum Gasteiger partial charge on any atom is -0.459 e. The maximum Gasteiger partial charge on any atom is 0.294 e. The second-order valence-electron chi connectivity index (χ2n) is 7.80. The number of amides is 1. The van der Waals surface area contributed by atoms with E-state index in [2.05, 4.69) is 0 Å². The van der Waals surface area contributed by atoms with Gasteiger partial charge in [0, 0.05) is 12.8 Å². The molecule has 0 spiro atoms. The smallest absolute Gasteiger partial charge is 0.294 e. The fourth-order valence-electron chi connectivity index (χ4n) is 3.91. The second kappa shape index (κ2) is 7.79. The van der Waals surface area contributed by atoms with E-state index in [0.717, 1.165) is 18.1 Å². The Bertz CT molecular complexity index is 1380. The molecule has 0 aliphatic carbocycles. The van der Waals surface area contributed by atoms with E-state index in [9.17, 15) is 21.6 Å². The number of sulfone groups is 1. The molecule has 2 heterocycles. The standard InChI is InChI=1S/C22H22N2O6S2/c1-15-14-23(22(25)21-5-4-12-30-21)20-13-17(8-11-19(20)24(15)32(3,28)29)16-6-9-18(10-7-16)31(2,26)27/h4-13,15H,14H2,1-3H3. The van der Waals surface area contributed by atoms with Crippen LogP contribution in [-0.4, -0.2) is 47.8 Å². The first-order valence-electron chi connectivity index (χ1n) is 9.76. The van der Waals surface area contributed by atoms with Crippen LogP contribution in [0.2, 0.25) is 0 Å². The molecule has 1 aliphatic heterocycles. The van der Waals surface area contributed by atoms with Gasteiger partial charge in [0.2, 0.25) is 10.0 Å². The number of sulfonamides is 1. The van der Waals surface area contributed by atoms with E-state index in [1.165, 1.54) is 27.6 Å². The minimum atomic E-state index is -3.59. The Morgan fingerprint density at radius 3 is 2.16 bits per heavy atom. The molecule has 0 radical (unpaired) electrons. The van der Waals surface area contributed by atoms with Crippen LogP contribution in [0.25, 0.3) is 11.1 Å². The minimum absolute atomic E-state index is 0.149. The van der Waals surface area contributed by atoms with Gasteiger partial charge in [-0.1, -0.05) is 18.2 Å². The van der Waals surface area contributed by atoms with E-state index in [-0.39, 0.29) is 23.1 Å². The van der Waals surface area contributed by atoms with Crippen LogP contribution >= 0.6 is 0 Å². The van der Waals surface area contributed by atoms with E-state index >= 15 is 0 Å². The zero-order chi connectivity index (χ0) is 23.3. The molecular weight excluding hydrogens is 452 g/mol. The van der Waals surface area contributed by atoms with Crippen LogP contribution in [0.15, 0.2) is 70.2 Å². The van der Waals surface area contributed by atoms with Crippen molar-refractivity contribution in [2.45, 2.75) is 17.9 Å². The summed E-state index contributed by atoms with van der Waals surface area (Å²) in [7, 11) is -6.91. The predicted molar refractivity (Wildman–Crippen MR) is 122 cm³/mol. The predicted octanol–water partition coefficient (Wildman–Crippen LogP) is 3.17. The summed E-state index contributed by atoms with van der Waals surface area (Å²) >= 11 is 0. The highest BCUT2D eigenvalue weighted by Crippen LogP contribution is 2.40. The molecule has 10 heteroatoms. The lowest BCUT2D eigenvalue weighted by atomic mass is 10.0. The monoisotopic (exact) mass is 474 g/mol. The first kappa shape index (κ1) is 22.1. The highest BCUT2D eigenvalue weighted by molar-refractivity contribution is 7.92. The molecule has 1 unspecified atom stereocenters. The highest BCUT2D eigenvalue weighted by Gasteiger charge is 2.37. The van der Waals surface area contributed by atoms with Gasteiger partial charge in [0.15, 0.2) is 15.6 Å². The third kappa shape index (κ3) is 4.03. The number of fused-ring (bicyclic) bond motifs is 1. The summed E-state index contributed by atoms with van der Waals surface area (Å²) in [6, 6.07) is 14.2. The zero-order valence-electron chi connectivity index (χ0n) is 17.7. The Hall–Kier alpha value is -3.11. The molecule has 0 N–H and O–H groups in total. The lowest BCUT2D eigenvalue weighted by Gasteiger charge is -2.40. The summed E-state index contributed by atoms with van der Waals surface area (Å²) in [5.74, 6) is -0.223. The largest absolute Gasteiger partial charge is 0.459 e. The molecule has 0 fully saturated rings. The first-order valence-corrected chi connectivity index (χ1v) is 13.5. The molecule has 1 amide bonds. The van der Waals surface area contributed by atoms with Gasteiger partial charge in [-0.25, -0.2) is 16.8 Å². The van der Waals surface area contributed by atoms with Crippen molar-refractivity contribution in [3.63, 3.8) is 0 Å². The fraction of sp³-hybridized carbons (Fsp3) is 0.227. The topological polar surface area (TPSA) is 105 Å². The van der Waals surface area contributed by atoms with Crippen molar-refractivity contribution in [2.24, 2.45) is 0 Å². The molecule has 8 nitrogen and oxygen atoms in total. The van der Waals surface area contributed by atoms with E-state index in [1.807, 2.05) is 0 Å². The zero-order valence-corrected chi connectivity index (χ0v) is 19.4. The normalized spacial score (nSPS) is 16.7. The van der Waals surface area contributed by atoms with Crippen molar-refractivity contribution < 1.29 is 26.0 Å². The average Bonchev–Trinajstić information content (AvgIpc) is 3.25. The Kier molecular flexibility index (Phi) is 5.38. The van der Waals surface area contributed by atoms with Crippen LogP contribution < -0.4 is 9.21 Å². The lowest BCUT2D eigenvalue weighted by molar-refractivity contribution is 0.0958. The SMILES string of the molecule is CC1CN(C(=O)c2ccco2)c2cc(-c3ccc(S(C)(=O)=O)cc3)ccc2N1S(C)(=O)=O. The van der Waals surface area contributed by atoms with E-state index in [4.69, 9.17) is 4.42 Å². The number of anilines is 2. The summed E-state index contributed by atoms with van der Waals surface area (Å²) in [5, 5.41) is 0. The van der Waals surface area contributed by atoms with Crippen molar-refractivity contribution >= 4 is 37.1 Å². The van der Waals surface area contributed by atoms with Crippen molar-refractivity contribution in [1.82, 2.24) is 0 Å². The fourth-order valence-corrected chi connectivity index (χ4v) is 5.77. The third-order valence-corrected chi connectivity index (χ3v) is 7.70. The van der Waals surface area contributed by atoms with Gasteiger partial charge in [0.1, 0.15) is 0 Å². The number of furan rings is 1. The van der Waals surface area contributed by atoms with Crippen molar-refractivity contribution in [3.05, 3.63) is 66.6 Å². The number of hydrogen-bond donors (Lipinski definition) is 0. The summed E-state index contributed by atoms with van der Waals surface area (Å²) in [6.07, 6.45) is 3.68. The summed E-state index contributed by atoms with van der Waals surface area (Å²) < 4.78 is 55.1. The molecular formula is C22H22N2O6S2. The molecule has 2 aromatic carbocycles. The first-order chi connectivity index (χ1) is 15.0. The Balaban J connectivity index is 1.85. The number of carbonyl (C=O) groups is 1.